The third kappa shape index (κ3) is 5.56. The van der Waals surface area contributed by atoms with Crippen LogP contribution in [0.4, 0.5) is 5.69 Å². The van der Waals surface area contributed by atoms with Gasteiger partial charge in [0, 0.05) is 32.0 Å². The quantitative estimate of drug-likeness (QED) is 0.551. The highest BCUT2D eigenvalue weighted by Crippen LogP contribution is 2.31. The van der Waals surface area contributed by atoms with Gasteiger partial charge in [0.15, 0.2) is 9.84 Å². The molecule has 0 N–H and O–H groups in total. The zero-order valence-corrected chi connectivity index (χ0v) is 19.4. The Morgan fingerprint density at radius 3 is 2.52 bits per heavy atom. The summed E-state index contributed by atoms with van der Waals surface area (Å²) in [5.74, 6) is 0.311. The molecule has 0 aromatic heterocycles. The summed E-state index contributed by atoms with van der Waals surface area (Å²) in [4.78, 5) is 14.5. The van der Waals surface area contributed by atoms with E-state index in [2.05, 4.69) is 0 Å². The van der Waals surface area contributed by atoms with Gasteiger partial charge in [0.1, 0.15) is 5.75 Å². The molecular formula is C21H26N2O6S2. The molecule has 168 valence electrons. The van der Waals surface area contributed by atoms with Gasteiger partial charge in [-0.3, -0.25) is 9.10 Å². The summed E-state index contributed by atoms with van der Waals surface area (Å²) in [6, 6.07) is 11.4. The van der Waals surface area contributed by atoms with E-state index in [1.807, 2.05) is 0 Å². The SMILES string of the molecule is CN(CCCOc1cccc(S(C)(=O)=O)c1)C(=O)c1ccc2c(c1)CCN2S(C)(=O)=O. The number of rotatable bonds is 8. The van der Waals surface area contributed by atoms with E-state index in [0.29, 0.717) is 49.5 Å². The van der Waals surface area contributed by atoms with Crippen LogP contribution in [0, 0.1) is 0 Å². The van der Waals surface area contributed by atoms with Crippen LogP contribution in [0.5, 0.6) is 5.75 Å². The highest BCUT2D eigenvalue weighted by molar-refractivity contribution is 7.92. The molecule has 0 bridgehead atoms. The van der Waals surface area contributed by atoms with Gasteiger partial charge in [-0.15, -0.1) is 0 Å². The van der Waals surface area contributed by atoms with E-state index in [1.165, 1.54) is 22.7 Å². The highest BCUT2D eigenvalue weighted by atomic mass is 32.2. The minimum atomic E-state index is -3.32. The van der Waals surface area contributed by atoms with Crippen LogP contribution in [-0.2, 0) is 26.3 Å². The van der Waals surface area contributed by atoms with Crippen molar-refractivity contribution in [1.29, 1.82) is 0 Å². The fourth-order valence-electron chi connectivity index (χ4n) is 3.46. The van der Waals surface area contributed by atoms with Crippen molar-refractivity contribution in [3.63, 3.8) is 0 Å². The summed E-state index contributed by atoms with van der Waals surface area (Å²) in [6.45, 7) is 1.18. The van der Waals surface area contributed by atoms with Crippen LogP contribution in [0.25, 0.3) is 0 Å². The van der Waals surface area contributed by atoms with E-state index in [0.717, 1.165) is 11.8 Å². The molecule has 0 radical (unpaired) electrons. The van der Waals surface area contributed by atoms with Crippen molar-refractivity contribution < 1.29 is 26.4 Å². The maximum Gasteiger partial charge on any atom is 0.253 e. The minimum absolute atomic E-state index is 0.153. The van der Waals surface area contributed by atoms with Gasteiger partial charge in [-0.2, -0.15) is 0 Å². The number of amides is 1. The zero-order valence-electron chi connectivity index (χ0n) is 17.7. The van der Waals surface area contributed by atoms with Crippen LogP contribution in [0.3, 0.4) is 0 Å². The van der Waals surface area contributed by atoms with Crippen molar-refractivity contribution in [3.05, 3.63) is 53.6 Å². The Balaban J connectivity index is 1.55. The Kier molecular flexibility index (Phi) is 6.61. The number of benzene rings is 2. The molecular weight excluding hydrogens is 440 g/mol. The fraction of sp³-hybridized carbons (Fsp3) is 0.381. The molecule has 8 nitrogen and oxygen atoms in total. The molecule has 1 aliphatic rings. The van der Waals surface area contributed by atoms with Gasteiger partial charge in [-0.1, -0.05) is 6.07 Å². The number of nitrogens with zero attached hydrogens (tertiary/aromatic N) is 2. The third-order valence-electron chi connectivity index (χ3n) is 5.07. The topological polar surface area (TPSA) is 101 Å². The van der Waals surface area contributed by atoms with Crippen LogP contribution in [-0.4, -0.2) is 66.9 Å². The predicted octanol–water partition coefficient (Wildman–Crippen LogP) is 1.95. The van der Waals surface area contributed by atoms with Gasteiger partial charge in [-0.05, 0) is 54.8 Å². The summed E-state index contributed by atoms with van der Waals surface area (Å²) in [5, 5.41) is 0. The Labute approximate surface area is 183 Å². The van der Waals surface area contributed by atoms with Gasteiger partial charge in [0.25, 0.3) is 5.91 Å². The minimum Gasteiger partial charge on any atom is -0.493 e. The Morgan fingerprint density at radius 2 is 1.84 bits per heavy atom. The predicted molar refractivity (Wildman–Crippen MR) is 119 cm³/mol. The number of sulfone groups is 1. The summed E-state index contributed by atoms with van der Waals surface area (Å²) in [7, 11) is -4.92. The van der Waals surface area contributed by atoms with Crippen LogP contribution >= 0.6 is 0 Å². The summed E-state index contributed by atoms with van der Waals surface area (Å²) < 4.78 is 53.9. The van der Waals surface area contributed by atoms with Gasteiger partial charge < -0.3 is 9.64 Å². The summed E-state index contributed by atoms with van der Waals surface area (Å²) >= 11 is 0. The molecule has 10 heteroatoms. The van der Waals surface area contributed by atoms with Crippen LogP contribution in [0.2, 0.25) is 0 Å². The Bertz CT molecular complexity index is 1190. The lowest BCUT2D eigenvalue weighted by Crippen LogP contribution is -2.29. The first-order valence-corrected chi connectivity index (χ1v) is 13.5. The zero-order chi connectivity index (χ0) is 22.8. The molecule has 31 heavy (non-hydrogen) atoms. The average molecular weight is 467 g/mol. The first-order chi connectivity index (χ1) is 14.5. The van der Waals surface area contributed by atoms with Gasteiger partial charge >= 0.3 is 0 Å². The number of carbonyl (C=O) groups excluding carboxylic acids is 1. The number of carbonyl (C=O) groups is 1. The van der Waals surface area contributed by atoms with Crippen molar-refractivity contribution in [2.75, 3.05) is 43.6 Å². The number of sulfonamides is 1. The number of ether oxygens (including phenoxy) is 1. The van der Waals surface area contributed by atoms with Crippen LogP contribution in [0.1, 0.15) is 22.3 Å². The third-order valence-corrected chi connectivity index (χ3v) is 7.36. The first kappa shape index (κ1) is 23.1. The van der Waals surface area contributed by atoms with Crippen molar-refractivity contribution in [1.82, 2.24) is 4.90 Å². The lowest BCUT2D eigenvalue weighted by atomic mass is 10.1. The van der Waals surface area contributed by atoms with E-state index in [1.54, 1.807) is 42.3 Å². The van der Waals surface area contributed by atoms with Gasteiger partial charge in [-0.25, -0.2) is 16.8 Å². The second kappa shape index (κ2) is 8.88. The molecule has 0 fully saturated rings. The largest absolute Gasteiger partial charge is 0.493 e. The van der Waals surface area contributed by atoms with Gasteiger partial charge in [0.05, 0.1) is 23.4 Å². The molecule has 3 rings (SSSR count). The summed E-state index contributed by atoms with van der Waals surface area (Å²) in [5.41, 5.74) is 1.99. The van der Waals surface area contributed by atoms with E-state index >= 15 is 0 Å². The second-order valence-electron chi connectivity index (χ2n) is 7.60. The fourth-order valence-corrected chi connectivity index (χ4v) is 5.07. The Hall–Kier alpha value is -2.59. The van der Waals surface area contributed by atoms with Crippen molar-refractivity contribution in [2.45, 2.75) is 17.7 Å². The standard InChI is InChI=1S/C21H26N2O6S2/c1-22(11-5-13-29-18-6-4-7-19(15-18)30(2,25)26)21(24)17-8-9-20-16(14-17)10-12-23(20)31(3,27)28/h4,6-9,14-15H,5,10-13H2,1-3H3. The van der Waals surface area contributed by atoms with Crippen LogP contribution < -0.4 is 9.04 Å². The second-order valence-corrected chi connectivity index (χ2v) is 11.5. The smallest absolute Gasteiger partial charge is 0.253 e. The van der Waals surface area contributed by atoms with E-state index in [4.69, 9.17) is 4.74 Å². The van der Waals surface area contributed by atoms with Crippen LogP contribution in [0.15, 0.2) is 47.4 Å². The molecule has 1 aliphatic heterocycles. The van der Waals surface area contributed by atoms with E-state index in [-0.39, 0.29) is 10.8 Å². The van der Waals surface area contributed by atoms with E-state index < -0.39 is 19.9 Å². The molecule has 2 aromatic carbocycles. The number of hydrogen-bond acceptors (Lipinski definition) is 6. The maximum absolute atomic E-state index is 12.7. The van der Waals surface area contributed by atoms with Gasteiger partial charge in [0.2, 0.25) is 10.0 Å². The monoisotopic (exact) mass is 466 g/mol. The molecule has 0 saturated heterocycles. The van der Waals surface area contributed by atoms with Crippen molar-refractivity contribution in [2.24, 2.45) is 0 Å². The molecule has 0 unspecified atom stereocenters. The number of fused-ring (bicyclic) bond motifs is 1. The molecule has 0 spiro atoms. The van der Waals surface area contributed by atoms with Crippen molar-refractivity contribution in [3.8, 4) is 5.75 Å². The first-order valence-electron chi connectivity index (χ1n) is 9.76. The average Bonchev–Trinajstić information content (AvgIpc) is 3.14. The molecule has 1 amide bonds. The molecule has 0 atom stereocenters. The van der Waals surface area contributed by atoms with Crippen molar-refractivity contribution >= 4 is 31.5 Å². The van der Waals surface area contributed by atoms with E-state index in [9.17, 15) is 21.6 Å². The maximum atomic E-state index is 12.7. The lowest BCUT2D eigenvalue weighted by Gasteiger charge is -2.19. The normalized spacial score (nSPS) is 13.7. The Morgan fingerprint density at radius 1 is 1.10 bits per heavy atom. The molecule has 1 heterocycles. The summed E-state index contributed by atoms with van der Waals surface area (Å²) in [6.07, 6.45) is 3.46. The lowest BCUT2D eigenvalue weighted by molar-refractivity contribution is 0.0787. The molecule has 0 aliphatic carbocycles. The number of hydrogen-bond donors (Lipinski definition) is 0. The molecule has 2 aromatic rings. The molecule has 0 saturated carbocycles. The highest BCUT2D eigenvalue weighted by Gasteiger charge is 2.27. The number of anilines is 1.